The van der Waals surface area contributed by atoms with Crippen molar-refractivity contribution in [3.63, 3.8) is 0 Å². The molecule has 8 nitrogen and oxygen atoms in total. The predicted octanol–water partition coefficient (Wildman–Crippen LogP) is 0.370. The number of anilines is 1. The van der Waals surface area contributed by atoms with Crippen molar-refractivity contribution in [3.8, 4) is 0 Å². The Morgan fingerprint density at radius 2 is 2.15 bits per heavy atom. The van der Waals surface area contributed by atoms with Gasteiger partial charge < -0.3 is 5.32 Å². The molecule has 0 radical (unpaired) electrons. The van der Waals surface area contributed by atoms with Crippen LogP contribution in [0.1, 0.15) is 12.6 Å². The summed E-state index contributed by atoms with van der Waals surface area (Å²) in [6, 6.07) is 5.20. The fourth-order valence-corrected chi connectivity index (χ4v) is 3.24. The van der Waals surface area contributed by atoms with Gasteiger partial charge >= 0.3 is 0 Å². The first-order valence-electron chi connectivity index (χ1n) is 5.48. The van der Waals surface area contributed by atoms with Gasteiger partial charge in [-0.05, 0) is 12.1 Å². The molecule has 2 N–H and O–H groups in total. The third kappa shape index (κ3) is 3.79. The summed E-state index contributed by atoms with van der Waals surface area (Å²) >= 11 is 0.778. The highest BCUT2D eigenvalue weighted by atomic mass is 32.2. The molecular weight excluding hydrogens is 302 g/mol. The Morgan fingerprint density at radius 1 is 1.35 bits per heavy atom. The largest absolute Gasteiger partial charge is 0.301 e. The number of pyridine rings is 1. The molecule has 0 aliphatic rings. The number of rotatable bonds is 5. The molecule has 0 spiro atoms. The maximum absolute atomic E-state index is 12.0. The number of aromatic nitrogens is 3. The molecule has 0 saturated heterocycles. The summed E-state index contributed by atoms with van der Waals surface area (Å²) in [5.41, 5.74) is 0.586. The van der Waals surface area contributed by atoms with Gasteiger partial charge in [0.2, 0.25) is 15.4 Å². The van der Waals surface area contributed by atoms with Gasteiger partial charge in [-0.15, -0.1) is 10.2 Å². The van der Waals surface area contributed by atoms with Crippen molar-refractivity contribution in [1.29, 1.82) is 0 Å². The zero-order valence-electron chi connectivity index (χ0n) is 10.4. The number of carbonyl (C=O) groups excluding carboxylic acids is 1. The average molecular weight is 313 g/mol. The minimum Gasteiger partial charge on any atom is -0.301 e. The topological polar surface area (TPSA) is 114 Å². The van der Waals surface area contributed by atoms with Crippen molar-refractivity contribution in [3.05, 3.63) is 30.1 Å². The predicted molar refractivity (Wildman–Crippen MR) is 72.5 cm³/mol. The van der Waals surface area contributed by atoms with Crippen molar-refractivity contribution in [2.75, 3.05) is 5.32 Å². The number of nitrogens with one attached hydrogen (secondary N) is 2. The summed E-state index contributed by atoms with van der Waals surface area (Å²) < 4.78 is 26.1. The number of nitrogens with zero attached hydrogens (tertiary/aromatic N) is 3. The first-order chi connectivity index (χ1) is 9.47. The van der Waals surface area contributed by atoms with Crippen molar-refractivity contribution in [2.24, 2.45) is 0 Å². The number of amides is 1. The van der Waals surface area contributed by atoms with Gasteiger partial charge in [0.15, 0.2) is 0 Å². The highest BCUT2D eigenvalue weighted by molar-refractivity contribution is 7.91. The Labute approximate surface area is 119 Å². The lowest BCUT2D eigenvalue weighted by atomic mass is 10.4. The van der Waals surface area contributed by atoms with Gasteiger partial charge in [0.25, 0.3) is 10.0 Å². The van der Waals surface area contributed by atoms with Gasteiger partial charge in [-0.2, -0.15) is 0 Å². The molecule has 2 heterocycles. The summed E-state index contributed by atoms with van der Waals surface area (Å²) in [4.78, 5) is 14.8. The van der Waals surface area contributed by atoms with Crippen LogP contribution in [0.5, 0.6) is 0 Å². The van der Waals surface area contributed by atoms with Gasteiger partial charge in [-0.25, -0.2) is 13.1 Å². The molecule has 0 aliphatic carbocycles. The minimum atomic E-state index is -3.77. The van der Waals surface area contributed by atoms with Crippen LogP contribution in [0.2, 0.25) is 0 Å². The van der Waals surface area contributed by atoms with Crippen molar-refractivity contribution >= 4 is 32.4 Å². The monoisotopic (exact) mass is 313 g/mol. The molecule has 2 aromatic rings. The lowest BCUT2D eigenvalue weighted by Crippen LogP contribution is -2.23. The van der Waals surface area contributed by atoms with E-state index in [9.17, 15) is 13.2 Å². The zero-order valence-corrected chi connectivity index (χ0v) is 12.0. The third-order valence-corrected chi connectivity index (χ3v) is 4.70. The Morgan fingerprint density at radius 3 is 2.80 bits per heavy atom. The lowest BCUT2D eigenvalue weighted by Gasteiger charge is -2.02. The van der Waals surface area contributed by atoms with Crippen LogP contribution in [0, 0.1) is 0 Å². The summed E-state index contributed by atoms with van der Waals surface area (Å²) in [5, 5.41) is 9.62. The van der Waals surface area contributed by atoms with E-state index in [4.69, 9.17) is 0 Å². The Balaban J connectivity index is 2.06. The molecule has 10 heteroatoms. The van der Waals surface area contributed by atoms with E-state index in [2.05, 4.69) is 25.2 Å². The van der Waals surface area contributed by atoms with Gasteiger partial charge in [0.1, 0.15) is 0 Å². The van der Waals surface area contributed by atoms with Crippen LogP contribution >= 0.6 is 11.3 Å². The van der Waals surface area contributed by atoms with Gasteiger partial charge in [0.05, 0.1) is 12.2 Å². The molecule has 106 valence electrons. The standard InChI is InChI=1S/C10H11N5O3S2/c1-7(16)13-9-14-15-10(19-9)20(17,18)12-6-8-4-2-3-5-11-8/h2-5,12H,6H2,1H3,(H,13,14,16). The molecule has 0 aromatic carbocycles. The molecule has 0 bridgehead atoms. The molecular formula is C10H11N5O3S2. The average Bonchev–Trinajstić information content (AvgIpc) is 2.86. The number of carbonyl (C=O) groups is 1. The van der Waals surface area contributed by atoms with Crippen molar-refractivity contribution < 1.29 is 13.2 Å². The third-order valence-electron chi connectivity index (χ3n) is 2.09. The number of hydrogen-bond donors (Lipinski definition) is 2. The molecule has 2 rings (SSSR count). The smallest absolute Gasteiger partial charge is 0.270 e. The van der Waals surface area contributed by atoms with Crippen LogP contribution < -0.4 is 10.0 Å². The molecule has 1 amide bonds. The van der Waals surface area contributed by atoms with Crippen LogP contribution in [0.15, 0.2) is 28.7 Å². The van der Waals surface area contributed by atoms with E-state index >= 15 is 0 Å². The van der Waals surface area contributed by atoms with Crippen LogP contribution in [0.3, 0.4) is 0 Å². The van der Waals surface area contributed by atoms with Gasteiger partial charge in [-0.1, -0.05) is 17.4 Å². The Kier molecular flexibility index (Phi) is 4.37. The first-order valence-corrected chi connectivity index (χ1v) is 7.78. The van der Waals surface area contributed by atoms with E-state index < -0.39 is 10.0 Å². The second-order valence-corrected chi connectivity index (χ2v) is 6.62. The molecule has 2 aromatic heterocycles. The van der Waals surface area contributed by atoms with E-state index in [1.165, 1.54) is 6.92 Å². The maximum Gasteiger partial charge on any atom is 0.270 e. The minimum absolute atomic E-state index is 0.0538. The molecule has 20 heavy (non-hydrogen) atoms. The first kappa shape index (κ1) is 14.5. The van der Waals surface area contributed by atoms with Crippen LogP contribution in [-0.4, -0.2) is 29.5 Å². The van der Waals surface area contributed by atoms with Crippen LogP contribution in [0.25, 0.3) is 0 Å². The molecule has 0 fully saturated rings. The highest BCUT2D eigenvalue weighted by Gasteiger charge is 2.20. The Bertz CT molecular complexity index is 699. The van der Waals surface area contributed by atoms with Gasteiger partial charge in [0, 0.05) is 13.1 Å². The molecule has 0 unspecified atom stereocenters. The second kappa shape index (κ2) is 6.03. The SMILES string of the molecule is CC(=O)Nc1nnc(S(=O)(=O)NCc2ccccn2)s1. The van der Waals surface area contributed by atoms with Crippen molar-refractivity contribution in [2.45, 2.75) is 17.8 Å². The van der Waals surface area contributed by atoms with Gasteiger partial charge in [-0.3, -0.25) is 9.78 Å². The summed E-state index contributed by atoms with van der Waals surface area (Å²) in [5.74, 6) is -0.341. The normalized spacial score (nSPS) is 11.2. The van der Waals surface area contributed by atoms with Crippen molar-refractivity contribution in [1.82, 2.24) is 19.9 Å². The number of hydrogen-bond acceptors (Lipinski definition) is 7. The van der Waals surface area contributed by atoms with E-state index in [-0.39, 0.29) is 21.9 Å². The molecule has 0 aliphatic heterocycles. The van der Waals surface area contributed by atoms with Crippen LogP contribution in [0.4, 0.5) is 5.13 Å². The lowest BCUT2D eigenvalue weighted by molar-refractivity contribution is -0.114. The second-order valence-electron chi connectivity index (χ2n) is 3.70. The fraction of sp³-hybridized carbons (Fsp3) is 0.200. The quantitative estimate of drug-likeness (QED) is 0.771. The maximum atomic E-state index is 12.0. The fourth-order valence-electron chi connectivity index (χ4n) is 1.25. The zero-order chi connectivity index (χ0) is 14.6. The van der Waals surface area contributed by atoms with Crippen LogP contribution in [-0.2, 0) is 21.4 Å². The van der Waals surface area contributed by atoms with E-state index in [0.29, 0.717) is 5.69 Å². The highest BCUT2D eigenvalue weighted by Crippen LogP contribution is 2.19. The molecule has 0 atom stereocenters. The van der Waals surface area contributed by atoms with E-state index in [1.807, 2.05) is 0 Å². The van der Waals surface area contributed by atoms with E-state index in [0.717, 1.165) is 11.3 Å². The summed E-state index contributed by atoms with van der Waals surface area (Å²) in [6.45, 7) is 1.35. The summed E-state index contributed by atoms with van der Waals surface area (Å²) in [6.07, 6.45) is 1.57. The Hall–Kier alpha value is -1.91. The number of sulfonamides is 1. The summed E-state index contributed by atoms with van der Waals surface area (Å²) in [7, 11) is -3.77. The molecule has 0 saturated carbocycles. The van der Waals surface area contributed by atoms with E-state index in [1.54, 1.807) is 24.4 Å².